The summed E-state index contributed by atoms with van der Waals surface area (Å²) >= 11 is 0. The summed E-state index contributed by atoms with van der Waals surface area (Å²) in [5.74, 6) is -2.32. The van der Waals surface area contributed by atoms with Crippen molar-refractivity contribution in [2.45, 2.75) is 142 Å². The summed E-state index contributed by atoms with van der Waals surface area (Å²) in [5, 5.41) is 10.3. The Labute approximate surface area is 293 Å². The molecular weight excluding hydrogens is 641 g/mol. The summed E-state index contributed by atoms with van der Waals surface area (Å²) in [7, 11) is -2.09. The van der Waals surface area contributed by atoms with Crippen LogP contribution < -0.4 is 0 Å². The number of hydrogen-bond donors (Lipinski definition) is 1. The second-order valence-electron chi connectivity index (χ2n) is 15.8. The quantitative estimate of drug-likeness (QED) is 0.146. The first kappa shape index (κ1) is 37.9. The molecule has 1 N–H and O–H groups in total. The van der Waals surface area contributed by atoms with Crippen molar-refractivity contribution >= 4 is 20.3 Å². The monoisotopic (exact) mass is 698 g/mol. The summed E-state index contributed by atoms with van der Waals surface area (Å²) in [6.07, 6.45) is 2.41. The number of benzene rings is 1. The van der Waals surface area contributed by atoms with E-state index in [1.807, 2.05) is 38.1 Å². The number of aliphatic hydroxyl groups excluding tert-OH is 1. The average Bonchev–Trinajstić information content (AvgIpc) is 3.36. The Balaban J connectivity index is 1.74. The third-order valence-corrected chi connectivity index (χ3v) is 16.5. The minimum absolute atomic E-state index is 0.0135. The van der Waals surface area contributed by atoms with E-state index in [-0.39, 0.29) is 19.3 Å². The largest absolute Gasteiger partial charge is 0.458 e. The van der Waals surface area contributed by atoms with Gasteiger partial charge in [0.05, 0.1) is 24.2 Å². The molecule has 1 saturated carbocycles. The number of fused-ring (bicyclic) bond motifs is 5. The third-order valence-electron chi connectivity index (χ3n) is 11.8. The fourth-order valence-corrected chi connectivity index (χ4v) is 12.2. The number of carbonyl (C=O) groups is 2. The topological polar surface area (TPSA) is 110 Å². The maximum absolute atomic E-state index is 13.9. The minimum atomic E-state index is -2.09. The van der Waals surface area contributed by atoms with Crippen LogP contribution in [0.3, 0.4) is 0 Å². The van der Waals surface area contributed by atoms with E-state index in [1.165, 1.54) is 6.92 Å². The highest BCUT2D eigenvalue weighted by atomic mass is 28.4. The Bertz CT molecular complexity index is 1420. The van der Waals surface area contributed by atoms with Gasteiger partial charge in [-0.1, -0.05) is 71.9 Å². The minimum Gasteiger partial charge on any atom is -0.458 e. The van der Waals surface area contributed by atoms with Crippen molar-refractivity contribution in [3.8, 4) is 0 Å². The van der Waals surface area contributed by atoms with Crippen LogP contribution in [0.2, 0.25) is 18.1 Å². The van der Waals surface area contributed by atoms with Gasteiger partial charge in [-0.05, 0) is 80.4 Å². The van der Waals surface area contributed by atoms with Gasteiger partial charge in [0, 0.05) is 18.9 Å². The smallest absolute Gasteiger partial charge is 0.338 e. The first-order valence-electron chi connectivity index (χ1n) is 18.1. The Morgan fingerprint density at radius 1 is 1.00 bits per heavy atom. The van der Waals surface area contributed by atoms with Gasteiger partial charge in [-0.3, -0.25) is 4.79 Å². The molecule has 0 aromatic heterocycles. The van der Waals surface area contributed by atoms with Crippen molar-refractivity contribution < 1.29 is 42.8 Å². The van der Waals surface area contributed by atoms with Gasteiger partial charge in [-0.25, -0.2) is 4.79 Å². The van der Waals surface area contributed by atoms with Crippen LogP contribution in [-0.4, -0.2) is 80.5 Å². The highest BCUT2D eigenvalue weighted by Gasteiger charge is 2.71. The highest BCUT2D eigenvalue weighted by Crippen LogP contribution is 2.61. The third kappa shape index (κ3) is 6.86. The standard InChI is InChI=1S/C39H58O9Si/c1-11-49(12-2,13-3)48-28(20-22-40)25(4)31-32-34(47-37(8,9)46-32)38(10)21-19-30-39(24-43-30,45-26(5)41)33(38)29(23-36(31,6)7)44-35(42)27-17-15-14-16-18-27/h14-19,21,28-30,32-34,40H,11-13,20,22-24H2,1-10H3/b31-25-/t28?,29?,30?,32?,33?,34?,38-,39?/m1/s1. The molecule has 4 aliphatic rings. The molecule has 1 aromatic carbocycles. The first-order valence-corrected chi connectivity index (χ1v) is 20.7. The Kier molecular flexibility index (Phi) is 10.8. The zero-order valence-corrected chi connectivity index (χ0v) is 32.2. The normalized spacial score (nSPS) is 34.6. The summed E-state index contributed by atoms with van der Waals surface area (Å²) in [5.41, 5.74) is 0.0130. The maximum atomic E-state index is 13.9. The number of carbonyl (C=O) groups excluding carboxylic acids is 2. The fraction of sp³-hybridized carbons (Fsp3) is 0.692. The number of esters is 2. The SMILES string of the molecule is CC[Si](CC)(CC)OC(CCO)/C(C)=C1/C2OC(C)(C)OC2[C@]2(C)C=CC3OCC3(OC(C)=O)C2C(OC(=O)c2ccccc2)CC1(C)C. The van der Waals surface area contributed by atoms with Crippen LogP contribution >= 0.6 is 0 Å². The molecule has 10 heteroatoms. The van der Waals surface area contributed by atoms with Crippen molar-refractivity contribution in [1.29, 1.82) is 0 Å². The molecule has 49 heavy (non-hydrogen) atoms. The maximum Gasteiger partial charge on any atom is 0.338 e. The van der Waals surface area contributed by atoms with Gasteiger partial charge >= 0.3 is 11.9 Å². The van der Waals surface area contributed by atoms with Crippen LogP contribution in [0.25, 0.3) is 0 Å². The Morgan fingerprint density at radius 2 is 1.65 bits per heavy atom. The lowest BCUT2D eigenvalue weighted by molar-refractivity contribution is -0.297. The van der Waals surface area contributed by atoms with Gasteiger partial charge in [0.2, 0.25) is 0 Å². The summed E-state index contributed by atoms with van der Waals surface area (Å²) in [6.45, 7) is 20.6. The number of hydrogen-bond acceptors (Lipinski definition) is 9. The molecular formula is C39H58O9Si. The number of aliphatic hydroxyl groups is 1. The van der Waals surface area contributed by atoms with E-state index < -0.39 is 72.8 Å². The molecule has 2 aliphatic carbocycles. The molecule has 7 unspecified atom stereocenters. The molecule has 0 amide bonds. The van der Waals surface area contributed by atoms with Crippen molar-refractivity contribution in [2.75, 3.05) is 13.2 Å². The van der Waals surface area contributed by atoms with Crippen LogP contribution in [-0.2, 0) is 32.9 Å². The predicted octanol–water partition coefficient (Wildman–Crippen LogP) is 7.14. The molecule has 0 spiro atoms. The molecule has 9 nitrogen and oxygen atoms in total. The molecule has 2 heterocycles. The summed E-state index contributed by atoms with van der Waals surface area (Å²) in [4.78, 5) is 26.7. The molecule has 5 rings (SSSR count). The van der Waals surface area contributed by atoms with E-state index in [2.05, 4.69) is 54.5 Å². The van der Waals surface area contributed by atoms with Crippen LogP contribution in [0.15, 0.2) is 53.6 Å². The Morgan fingerprint density at radius 3 is 2.20 bits per heavy atom. The summed E-state index contributed by atoms with van der Waals surface area (Å²) in [6, 6.07) is 11.9. The van der Waals surface area contributed by atoms with Gasteiger partial charge in [0.1, 0.15) is 24.4 Å². The fourth-order valence-electron chi connectivity index (χ4n) is 9.31. The molecule has 8 atom stereocenters. The zero-order chi connectivity index (χ0) is 36.0. The number of ether oxygens (including phenoxy) is 5. The first-order chi connectivity index (χ1) is 23.0. The second kappa shape index (κ2) is 14.0. The highest BCUT2D eigenvalue weighted by molar-refractivity contribution is 6.73. The molecule has 2 saturated heterocycles. The van der Waals surface area contributed by atoms with E-state index in [9.17, 15) is 14.7 Å². The van der Waals surface area contributed by atoms with E-state index in [4.69, 9.17) is 28.1 Å². The summed E-state index contributed by atoms with van der Waals surface area (Å²) < 4.78 is 39.9. The molecule has 0 bridgehead atoms. The van der Waals surface area contributed by atoms with Crippen LogP contribution in [0.1, 0.15) is 92.4 Å². The lowest BCUT2D eigenvalue weighted by Crippen LogP contribution is -2.74. The average molecular weight is 699 g/mol. The predicted molar refractivity (Wildman–Crippen MR) is 189 cm³/mol. The van der Waals surface area contributed by atoms with Gasteiger partial charge in [0.25, 0.3) is 0 Å². The van der Waals surface area contributed by atoms with Gasteiger partial charge in [0.15, 0.2) is 19.7 Å². The van der Waals surface area contributed by atoms with Gasteiger partial charge < -0.3 is 33.2 Å². The van der Waals surface area contributed by atoms with Gasteiger partial charge in [-0.2, -0.15) is 0 Å². The molecule has 1 aromatic rings. The van der Waals surface area contributed by atoms with Crippen molar-refractivity contribution in [3.05, 3.63) is 59.2 Å². The van der Waals surface area contributed by atoms with E-state index in [0.29, 0.717) is 18.4 Å². The second-order valence-corrected chi connectivity index (χ2v) is 20.5. The lowest BCUT2D eigenvalue weighted by Gasteiger charge is -2.62. The number of rotatable bonds is 11. The van der Waals surface area contributed by atoms with Crippen molar-refractivity contribution in [3.63, 3.8) is 0 Å². The van der Waals surface area contributed by atoms with Crippen LogP contribution in [0.4, 0.5) is 0 Å². The molecule has 2 aliphatic heterocycles. The van der Waals surface area contributed by atoms with Gasteiger partial charge in [-0.15, -0.1) is 0 Å². The lowest BCUT2D eigenvalue weighted by atomic mass is 9.52. The van der Waals surface area contributed by atoms with E-state index in [1.54, 1.807) is 12.1 Å². The molecule has 272 valence electrons. The molecule has 3 fully saturated rings. The van der Waals surface area contributed by atoms with Crippen LogP contribution in [0, 0.1) is 16.7 Å². The zero-order valence-electron chi connectivity index (χ0n) is 31.2. The van der Waals surface area contributed by atoms with Crippen molar-refractivity contribution in [2.24, 2.45) is 16.7 Å². The van der Waals surface area contributed by atoms with Crippen LogP contribution in [0.5, 0.6) is 0 Å². The van der Waals surface area contributed by atoms with E-state index in [0.717, 1.165) is 29.3 Å². The Hall–Kier alpha value is -2.34. The van der Waals surface area contributed by atoms with E-state index >= 15 is 0 Å². The molecule has 0 radical (unpaired) electrons. The van der Waals surface area contributed by atoms with Crippen molar-refractivity contribution in [1.82, 2.24) is 0 Å².